The van der Waals surface area contributed by atoms with Gasteiger partial charge in [0.05, 0.1) is 0 Å². The Hall–Kier alpha value is -0.860. The van der Waals surface area contributed by atoms with Gasteiger partial charge >= 0.3 is 0 Å². The maximum Gasteiger partial charge on any atom is 0.0335 e. The number of hydrazine groups is 1. The minimum Gasteiger partial charge on any atom is -0.271 e. The van der Waals surface area contributed by atoms with E-state index in [0.29, 0.717) is 11.5 Å². The minimum atomic E-state index is 0.311. The first-order valence-electron chi connectivity index (χ1n) is 7.38. The van der Waals surface area contributed by atoms with Crippen LogP contribution in [0.25, 0.3) is 0 Å². The second kappa shape index (κ2) is 5.02. The van der Waals surface area contributed by atoms with Gasteiger partial charge in [0.15, 0.2) is 0 Å². The third-order valence-electron chi connectivity index (χ3n) is 5.24. The van der Waals surface area contributed by atoms with Gasteiger partial charge in [-0.05, 0) is 37.2 Å². The molecule has 1 unspecified atom stereocenters. The smallest absolute Gasteiger partial charge is 0.0335 e. The van der Waals surface area contributed by atoms with Gasteiger partial charge < -0.3 is 0 Å². The molecule has 0 aliphatic heterocycles. The second-order valence-corrected chi connectivity index (χ2v) is 6.06. The van der Waals surface area contributed by atoms with E-state index in [9.17, 15) is 0 Å². The summed E-state index contributed by atoms with van der Waals surface area (Å²) < 4.78 is 0. The predicted octanol–water partition coefficient (Wildman–Crippen LogP) is 3.13. The highest BCUT2D eigenvalue weighted by molar-refractivity contribution is 5.31. The molecule has 2 aliphatic rings. The van der Waals surface area contributed by atoms with Crippen LogP contribution in [0, 0.1) is 5.92 Å². The van der Waals surface area contributed by atoms with Gasteiger partial charge in [0.25, 0.3) is 0 Å². The van der Waals surface area contributed by atoms with Crippen LogP contribution in [0.15, 0.2) is 30.3 Å². The van der Waals surface area contributed by atoms with E-state index >= 15 is 0 Å². The molecule has 2 aliphatic carbocycles. The van der Waals surface area contributed by atoms with Gasteiger partial charge in [-0.1, -0.05) is 49.6 Å². The first kappa shape index (κ1) is 12.2. The summed E-state index contributed by atoms with van der Waals surface area (Å²) in [5, 5.41) is 0. The number of nitrogens with two attached hydrogens (primary N) is 1. The first-order valence-corrected chi connectivity index (χ1v) is 7.38. The minimum absolute atomic E-state index is 0.311. The SMILES string of the molecule is NNC(C1CCCC1)C1(c2ccccc2)CCC1. The summed E-state index contributed by atoms with van der Waals surface area (Å²) in [6.07, 6.45) is 9.40. The zero-order chi connectivity index (χ0) is 12.4. The molecule has 2 nitrogen and oxygen atoms in total. The van der Waals surface area contributed by atoms with Crippen molar-refractivity contribution in [3.63, 3.8) is 0 Å². The molecule has 1 aromatic carbocycles. The highest BCUT2D eigenvalue weighted by Gasteiger charge is 2.48. The van der Waals surface area contributed by atoms with Crippen molar-refractivity contribution in [1.29, 1.82) is 0 Å². The third kappa shape index (κ3) is 1.88. The van der Waals surface area contributed by atoms with Crippen LogP contribution >= 0.6 is 0 Å². The van der Waals surface area contributed by atoms with Crippen molar-refractivity contribution in [2.75, 3.05) is 0 Å². The summed E-state index contributed by atoms with van der Waals surface area (Å²) >= 11 is 0. The Bertz CT molecular complexity index is 377. The molecule has 1 aromatic rings. The topological polar surface area (TPSA) is 38.0 Å². The van der Waals surface area contributed by atoms with E-state index in [0.717, 1.165) is 5.92 Å². The first-order chi connectivity index (χ1) is 8.87. The lowest BCUT2D eigenvalue weighted by Crippen LogP contribution is -2.58. The molecule has 98 valence electrons. The standard InChI is InChI=1S/C16H24N2/c17-18-15(13-7-4-5-8-13)16(11-6-12-16)14-9-2-1-3-10-14/h1-3,9-10,13,15,18H,4-8,11-12,17H2. The number of rotatable bonds is 4. The summed E-state index contributed by atoms with van der Waals surface area (Å²) in [4.78, 5) is 0. The van der Waals surface area contributed by atoms with E-state index in [1.807, 2.05) is 0 Å². The summed E-state index contributed by atoms with van der Waals surface area (Å²) in [7, 11) is 0. The van der Waals surface area contributed by atoms with E-state index in [-0.39, 0.29) is 0 Å². The molecular formula is C16H24N2. The lowest BCUT2D eigenvalue weighted by atomic mass is 9.57. The monoisotopic (exact) mass is 244 g/mol. The van der Waals surface area contributed by atoms with E-state index < -0.39 is 0 Å². The highest BCUT2D eigenvalue weighted by atomic mass is 15.2. The largest absolute Gasteiger partial charge is 0.271 e. The van der Waals surface area contributed by atoms with Crippen molar-refractivity contribution >= 4 is 0 Å². The summed E-state index contributed by atoms with van der Waals surface area (Å²) in [6, 6.07) is 11.5. The Balaban J connectivity index is 1.90. The average molecular weight is 244 g/mol. The van der Waals surface area contributed by atoms with Crippen molar-refractivity contribution in [2.45, 2.75) is 56.4 Å². The molecule has 0 aromatic heterocycles. The van der Waals surface area contributed by atoms with Crippen molar-refractivity contribution < 1.29 is 0 Å². The van der Waals surface area contributed by atoms with Crippen molar-refractivity contribution in [1.82, 2.24) is 5.43 Å². The van der Waals surface area contributed by atoms with Crippen LogP contribution in [0.4, 0.5) is 0 Å². The quantitative estimate of drug-likeness (QED) is 0.631. The fourth-order valence-electron chi connectivity index (χ4n) is 4.14. The van der Waals surface area contributed by atoms with E-state index in [1.165, 1.54) is 50.5 Å². The number of hydrogen-bond donors (Lipinski definition) is 2. The number of nitrogens with one attached hydrogen (secondary N) is 1. The Morgan fingerprint density at radius 1 is 1.06 bits per heavy atom. The molecule has 0 radical (unpaired) electrons. The second-order valence-electron chi connectivity index (χ2n) is 6.06. The number of benzene rings is 1. The maximum absolute atomic E-state index is 5.94. The highest BCUT2D eigenvalue weighted by Crippen LogP contribution is 2.50. The molecule has 18 heavy (non-hydrogen) atoms. The Morgan fingerprint density at radius 2 is 1.72 bits per heavy atom. The Labute approximate surface area is 110 Å². The molecule has 2 fully saturated rings. The molecule has 0 bridgehead atoms. The normalized spacial score (nSPS) is 24.7. The molecule has 3 N–H and O–H groups in total. The fourth-order valence-corrected chi connectivity index (χ4v) is 4.14. The zero-order valence-electron chi connectivity index (χ0n) is 11.1. The van der Waals surface area contributed by atoms with Crippen LogP contribution in [0.2, 0.25) is 0 Å². The predicted molar refractivity (Wildman–Crippen MR) is 75.0 cm³/mol. The Morgan fingerprint density at radius 3 is 2.22 bits per heavy atom. The van der Waals surface area contributed by atoms with Crippen molar-refractivity contribution in [2.24, 2.45) is 11.8 Å². The molecule has 0 spiro atoms. The van der Waals surface area contributed by atoms with Crippen molar-refractivity contribution in [3.05, 3.63) is 35.9 Å². The van der Waals surface area contributed by atoms with Gasteiger partial charge in [-0.2, -0.15) is 0 Å². The van der Waals surface area contributed by atoms with E-state index in [1.54, 1.807) is 0 Å². The van der Waals surface area contributed by atoms with Gasteiger partial charge in [0.2, 0.25) is 0 Å². The van der Waals surface area contributed by atoms with Gasteiger partial charge in [0.1, 0.15) is 0 Å². The zero-order valence-corrected chi connectivity index (χ0v) is 11.1. The summed E-state index contributed by atoms with van der Waals surface area (Å²) in [5.74, 6) is 6.71. The summed E-state index contributed by atoms with van der Waals surface area (Å²) in [6.45, 7) is 0. The molecular weight excluding hydrogens is 220 g/mol. The van der Waals surface area contributed by atoms with Gasteiger partial charge in [-0.25, -0.2) is 0 Å². The third-order valence-corrected chi connectivity index (χ3v) is 5.24. The van der Waals surface area contributed by atoms with Gasteiger partial charge in [-0.15, -0.1) is 0 Å². The fraction of sp³-hybridized carbons (Fsp3) is 0.625. The molecule has 0 amide bonds. The molecule has 0 heterocycles. The van der Waals surface area contributed by atoms with Crippen LogP contribution in [-0.4, -0.2) is 6.04 Å². The molecule has 2 heteroatoms. The average Bonchev–Trinajstić information content (AvgIpc) is 2.88. The maximum atomic E-state index is 5.94. The van der Waals surface area contributed by atoms with Crippen LogP contribution < -0.4 is 11.3 Å². The van der Waals surface area contributed by atoms with Crippen LogP contribution in [0.5, 0.6) is 0 Å². The Kier molecular flexibility index (Phi) is 3.40. The molecule has 0 saturated heterocycles. The summed E-state index contributed by atoms with van der Waals surface area (Å²) in [5.41, 5.74) is 4.99. The van der Waals surface area contributed by atoms with Crippen LogP contribution in [-0.2, 0) is 5.41 Å². The van der Waals surface area contributed by atoms with E-state index in [2.05, 4.69) is 35.8 Å². The van der Waals surface area contributed by atoms with E-state index in [4.69, 9.17) is 5.84 Å². The van der Waals surface area contributed by atoms with Crippen LogP contribution in [0.1, 0.15) is 50.5 Å². The van der Waals surface area contributed by atoms with Crippen LogP contribution in [0.3, 0.4) is 0 Å². The lowest BCUT2D eigenvalue weighted by Gasteiger charge is -2.50. The lowest BCUT2D eigenvalue weighted by molar-refractivity contribution is 0.126. The molecule has 3 rings (SSSR count). The van der Waals surface area contributed by atoms with Crippen molar-refractivity contribution in [3.8, 4) is 0 Å². The number of hydrogen-bond acceptors (Lipinski definition) is 2. The molecule has 1 atom stereocenters. The van der Waals surface area contributed by atoms with Gasteiger partial charge in [-0.3, -0.25) is 11.3 Å². The molecule has 2 saturated carbocycles. The van der Waals surface area contributed by atoms with Gasteiger partial charge in [0, 0.05) is 11.5 Å².